The first-order valence-electron chi connectivity index (χ1n) is 6.40. The van der Waals surface area contributed by atoms with Crippen LogP contribution in [0.15, 0.2) is 10.7 Å². The number of esters is 1. The predicted molar refractivity (Wildman–Crippen MR) is 67.2 cm³/mol. The van der Waals surface area contributed by atoms with Crippen molar-refractivity contribution in [3.05, 3.63) is 17.8 Å². The van der Waals surface area contributed by atoms with E-state index in [-0.39, 0.29) is 24.2 Å². The third-order valence-corrected chi connectivity index (χ3v) is 3.27. The maximum absolute atomic E-state index is 11.3. The molecule has 1 aliphatic heterocycles. The van der Waals surface area contributed by atoms with Crippen LogP contribution in [-0.2, 0) is 25.4 Å². The summed E-state index contributed by atoms with van der Waals surface area (Å²) in [6, 6.07) is 0. The summed E-state index contributed by atoms with van der Waals surface area (Å²) in [6.07, 6.45) is 2.82. The van der Waals surface area contributed by atoms with Crippen molar-refractivity contribution in [1.29, 1.82) is 0 Å². The van der Waals surface area contributed by atoms with Crippen molar-refractivity contribution >= 4 is 5.97 Å². The van der Waals surface area contributed by atoms with E-state index in [0.717, 1.165) is 6.42 Å². The Labute approximate surface area is 117 Å². The maximum Gasteiger partial charge on any atom is 0.360 e. The van der Waals surface area contributed by atoms with Gasteiger partial charge in [-0.05, 0) is 0 Å². The number of rotatable bonds is 5. The first-order chi connectivity index (χ1) is 9.66. The van der Waals surface area contributed by atoms with Gasteiger partial charge in [0.25, 0.3) is 0 Å². The lowest BCUT2D eigenvalue weighted by atomic mass is 10.0. The molecule has 2 heterocycles. The molecule has 0 bridgehead atoms. The molecule has 0 aliphatic carbocycles. The number of ether oxygens (including phenoxy) is 4. The van der Waals surface area contributed by atoms with Crippen molar-refractivity contribution in [3.63, 3.8) is 0 Å². The van der Waals surface area contributed by atoms with E-state index in [9.17, 15) is 4.79 Å². The number of oxazole rings is 1. The van der Waals surface area contributed by atoms with Crippen LogP contribution in [0.3, 0.4) is 0 Å². The number of carbonyl (C=O) groups is 1. The van der Waals surface area contributed by atoms with Gasteiger partial charge < -0.3 is 23.4 Å². The van der Waals surface area contributed by atoms with Crippen LogP contribution in [0, 0.1) is 0 Å². The summed E-state index contributed by atoms with van der Waals surface area (Å²) in [5.41, 5.74) is 0.157. The Bertz CT molecular complexity index is 434. The van der Waals surface area contributed by atoms with Crippen LogP contribution in [0.1, 0.15) is 29.2 Å². The van der Waals surface area contributed by atoms with Gasteiger partial charge in [-0.1, -0.05) is 0 Å². The van der Waals surface area contributed by atoms with Crippen LogP contribution < -0.4 is 0 Å². The second kappa shape index (κ2) is 6.83. The number of methoxy groups -OCH3 is 3. The molecule has 1 saturated heterocycles. The second-order valence-electron chi connectivity index (χ2n) is 4.57. The lowest BCUT2D eigenvalue weighted by molar-refractivity contribution is -0.207. The fourth-order valence-electron chi connectivity index (χ4n) is 2.20. The van der Waals surface area contributed by atoms with E-state index in [0.29, 0.717) is 18.7 Å². The van der Waals surface area contributed by atoms with Gasteiger partial charge in [0, 0.05) is 27.1 Å². The summed E-state index contributed by atoms with van der Waals surface area (Å²) in [5, 5.41) is 0. The number of aromatic nitrogens is 1. The molecule has 20 heavy (non-hydrogen) atoms. The van der Waals surface area contributed by atoms with Crippen LogP contribution in [0.25, 0.3) is 0 Å². The van der Waals surface area contributed by atoms with E-state index >= 15 is 0 Å². The normalized spacial score (nSPS) is 26.4. The molecule has 1 aromatic heterocycles. The van der Waals surface area contributed by atoms with Crippen molar-refractivity contribution in [2.24, 2.45) is 0 Å². The average Bonchev–Trinajstić information content (AvgIpc) is 2.94. The zero-order chi connectivity index (χ0) is 14.5. The highest BCUT2D eigenvalue weighted by Crippen LogP contribution is 2.24. The Morgan fingerprint density at radius 1 is 1.35 bits per heavy atom. The third-order valence-electron chi connectivity index (χ3n) is 3.27. The summed E-state index contributed by atoms with van der Waals surface area (Å²) < 4.78 is 26.2. The maximum atomic E-state index is 11.3. The van der Waals surface area contributed by atoms with E-state index in [2.05, 4.69) is 9.72 Å². The molecule has 7 heteroatoms. The number of nitrogens with zero attached hydrogens (tertiary/aromatic N) is 1. The Morgan fingerprint density at radius 2 is 2.15 bits per heavy atom. The molecule has 0 amide bonds. The van der Waals surface area contributed by atoms with Crippen LogP contribution in [0.2, 0.25) is 0 Å². The monoisotopic (exact) mass is 285 g/mol. The van der Waals surface area contributed by atoms with Gasteiger partial charge in [0.1, 0.15) is 6.26 Å². The summed E-state index contributed by atoms with van der Waals surface area (Å²) >= 11 is 0. The number of carbonyl (C=O) groups excluding carboxylic acids is 1. The molecule has 1 fully saturated rings. The van der Waals surface area contributed by atoms with Gasteiger partial charge in [0.05, 0.1) is 25.7 Å². The second-order valence-corrected chi connectivity index (χ2v) is 4.57. The highest BCUT2D eigenvalue weighted by Gasteiger charge is 2.30. The molecule has 112 valence electrons. The molecule has 1 aromatic rings. The van der Waals surface area contributed by atoms with Crippen LogP contribution in [-0.4, -0.2) is 50.8 Å². The summed E-state index contributed by atoms with van der Waals surface area (Å²) in [4.78, 5) is 15.4. The number of hydrogen-bond acceptors (Lipinski definition) is 7. The molecule has 0 aromatic carbocycles. The molecule has 1 aliphatic rings. The minimum absolute atomic E-state index is 0.0775. The molecule has 0 spiro atoms. The fourth-order valence-corrected chi connectivity index (χ4v) is 2.20. The van der Waals surface area contributed by atoms with Crippen molar-refractivity contribution in [2.45, 2.75) is 37.8 Å². The number of hydrogen-bond donors (Lipinski definition) is 0. The van der Waals surface area contributed by atoms with Crippen molar-refractivity contribution in [1.82, 2.24) is 4.98 Å². The smallest absolute Gasteiger partial charge is 0.360 e. The Hall–Kier alpha value is -1.44. The summed E-state index contributed by atoms with van der Waals surface area (Å²) in [6.45, 7) is 0. The van der Waals surface area contributed by atoms with Crippen LogP contribution >= 0.6 is 0 Å². The lowest BCUT2D eigenvalue weighted by Crippen LogP contribution is -2.38. The molecule has 0 saturated carbocycles. The first kappa shape index (κ1) is 15.0. The van der Waals surface area contributed by atoms with Crippen molar-refractivity contribution < 1.29 is 28.2 Å². The first-order valence-corrected chi connectivity index (χ1v) is 6.40. The van der Waals surface area contributed by atoms with E-state index < -0.39 is 5.97 Å². The largest absolute Gasteiger partial charge is 0.464 e. The standard InChI is InChI=1S/C13H19NO6/c1-16-8-4-9(20-12(6-8)17-2)5-11-14-10(7-19-11)13(15)18-3/h7-9,12H,4-6H2,1-3H3/t8-,9-,12-/m0/s1. The van der Waals surface area contributed by atoms with Gasteiger partial charge in [0.15, 0.2) is 17.9 Å². The molecule has 0 unspecified atom stereocenters. The van der Waals surface area contributed by atoms with Gasteiger partial charge in [-0.15, -0.1) is 0 Å². The summed E-state index contributed by atoms with van der Waals surface area (Å²) in [5.74, 6) is -0.0869. The van der Waals surface area contributed by atoms with E-state index in [4.69, 9.17) is 18.6 Å². The van der Waals surface area contributed by atoms with Crippen LogP contribution in [0.5, 0.6) is 0 Å². The van der Waals surface area contributed by atoms with Gasteiger partial charge in [0.2, 0.25) is 0 Å². The minimum Gasteiger partial charge on any atom is -0.464 e. The van der Waals surface area contributed by atoms with Crippen molar-refractivity contribution in [2.75, 3.05) is 21.3 Å². The van der Waals surface area contributed by atoms with Crippen molar-refractivity contribution in [3.8, 4) is 0 Å². The lowest BCUT2D eigenvalue weighted by Gasteiger charge is -2.33. The Kier molecular flexibility index (Phi) is 5.11. The third kappa shape index (κ3) is 3.56. The molecule has 2 rings (SSSR count). The predicted octanol–water partition coefficient (Wildman–Crippen LogP) is 1.17. The molecule has 7 nitrogen and oxygen atoms in total. The molecular formula is C13H19NO6. The zero-order valence-corrected chi connectivity index (χ0v) is 11.8. The highest BCUT2D eigenvalue weighted by molar-refractivity contribution is 5.86. The Morgan fingerprint density at radius 3 is 2.80 bits per heavy atom. The van der Waals surface area contributed by atoms with Gasteiger partial charge in [-0.3, -0.25) is 0 Å². The highest BCUT2D eigenvalue weighted by atomic mass is 16.7. The van der Waals surface area contributed by atoms with Gasteiger partial charge in [-0.2, -0.15) is 0 Å². The molecule has 0 radical (unpaired) electrons. The molecule has 3 atom stereocenters. The topological polar surface area (TPSA) is 80.0 Å². The average molecular weight is 285 g/mol. The SMILES string of the molecule is COC(=O)c1coc(C[C@@H]2C[C@H](OC)C[C@@H](OC)O2)n1. The zero-order valence-electron chi connectivity index (χ0n) is 11.8. The van der Waals surface area contributed by atoms with E-state index in [1.165, 1.54) is 13.4 Å². The molecule has 0 N–H and O–H groups in total. The Balaban J connectivity index is 1.97. The van der Waals surface area contributed by atoms with Crippen LogP contribution in [0.4, 0.5) is 0 Å². The van der Waals surface area contributed by atoms with Gasteiger partial charge in [-0.25, -0.2) is 9.78 Å². The quantitative estimate of drug-likeness (QED) is 0.751. The fraction of sp³-hybridized carbons (Fsp3) is 0.692. The minimum atomic E-state index is -0.519. The van der Waals surface area contributed by atoms with E-state index in [1.807, 2.05) is 0 Å². The molecular weight excluding hydrogens is 266 g/mol. The van der Waals surface area contributed by atoms with Gasteiger partial charge >= 0.3 is 5.97 Å². The summed E-state index contributed by atoms with van der Waals surface area (Å²) in [7, 11) is 4.56. The van der Waals surface area contributed by atoms with E-state index in [1.54, 1.807) is 14.2 Å².